The average molecular weight is 319 g/mol. The topological polar surface area (TPSA) is 46.5 Å². The highest BCUT2D eigenvalue weighted by atomic mass is 35.5. The van der Waals surface area contributed by atoms with Gasteiger partial charge in [-0.05, 0) is 49.6 Å². The van der Waals surface area contributed by atoms with Crippen molar-refractivity contribution >= 4 is 17.6 Å². The van der Waals surface area contributed by atoms with Crippen LogP contribution in [0.15, 0.2) is 42.5 Å². The number of carboxylic acids is 1. The molecule has 4 heteroatoms. The third-order valence-electron chi connectivity index (χ3n) is 3.54. The molecule has 0 aliphatic heterocycles. The number of carboxylic acid groups (broad SMARTS) is 1. The quantitative estimate of drug-likeness (QED) is 0.847. The van der Waals surface area contributed by atoms with E-state index in [-0.39, 0.29) is 0 Å². The Hall–Kier alpha value is -2.00. The molecule has 22 heavy (non-hydrogen) atoms. The summed E-state index contributed by atoms with van der Waals surface area (Å²) in [5, 5.41) is 9.95. The van der Waals surface area contributed by atoms with Crippen LogP contribution in [0.2, 0.25) is 5.02 Å². The second kappa shape index (κ2) is 7.32. The maximum absolute atomic E-state index is 11.5. The summed E-state index contributed by atoms with van der Waals surface area (Å²) in [5.41, 5.74) is 2.92. The Morgan fingerprint density at radius 3 is 2.64 bits per heavy atom. The summed E-state index contributed by atoms with van der Waals surface area (Å²) >= 11 is 5.93. The Morgan fingerprint density at radius 1 is 1.23 bits per heavy atom. The van der Waals surface area contributed by atoms with E-state index < -0.39 is 11.9 Å². The highest BCUT2D eigenvalue weighted by Crippen LogP contribution is 2.24. The van der Waals surface area contributed by atoms with Gasteiger partial charge in [-0.1, -0.05) is 41.4 Å². The van der Waals surface area contributed by atoms with Gasteiger partial charge in [0.25, 0.3) is 0 Å². The van der Waals surface area contributed by atoms with Crippen molar-refractivity contribution in [3.05, 3.63) is 64.2 Å². The maximum Gasteiger partial charge on any atom is 0.311 e. The summed E-state index contributed by atoms with van der Waals surface area (Å²) in [6.45, 7) is 4.34. The zero-order chi connectivity index (χ0) is 16.1. The standard InChI is InChI=1S/C18H19ClO3/c1-12-6-7-17(13(2)10-12)22-9-8-16(18(20)21)14-4-3-5-15(19)11-14/h3-7,10-11,16H,8-9H2,1-2H3,(H,20,21). The fourth-order valence-corrected chi connectivity index (χ4v) is 2.60. The van der Waals surface area contributed by atoms with Gasteiger partial charge in [0, 0.05) is 5.02 Å². The molecule has 0 aromatic heterocycles. The molecule has 0 amide bonds. The molecule has 2 aromatic carbocycles. The Morgan fingerprint density at radius 2 is 2.00 bits per heavy atom. The van der Waals surface area contributed by atoms with Crippen molar-refractivity contribution < 1.29 is 14.6 Å². The van der Waals surface area contributed by atoms with E-state index in [4.69, 9.17) is 16.3 Å². The number of ether oxygens (including phenoxy) is 1. The van der Waals surface area contributed by atoms with Gasteiger partial charge in [0.05, 0.1) is 12.5 Å². The van der Waals surface area contributed by atoms with Crippen LogP contribution in [0.25, 0.3) is 0 Å². The van der Waals surface area contributed by atoms with Gasteiger partial charge < -0.3 is 9.84 Å². The molecular formula is C18H19ClO3. The lowest BCUT2D eigenvalue weighted by atomic mass is 9.96. The average Bonchev–Trinajstić information content (AvgIpc) is 2.45. The van der Waals surface area contributed by atoms with Crippen molar-refractivity contribution in [3.63, 3.8) is 0 Å². The van der Waals surface area contributed by atoms with Crippen LogP contribution in [0.5, 0.6) is 5.75 Å². The Bertz CT molecular complexity index is 667. The van der Waals surface area contributed by atoms with Gasteiger partial charge in [0.15, 0.2) is 0 Å². The van der Waals surface area contributed by atoms with E-state index in [0.29, 0.717) is 23.6 Å². The van der Waals surface area contributed by atoms with Crippen LogP contribution in [0, 0.1) is 13.8 Å². The van der Waals surface area contributed by atoms with Gasteiger partial charge in [-0.3, -0.25) is 4.79 Å². The molecule has 3 nitrogen and oxygen atoms in total. The normalized spacial score (nSPS) is 12.0. The highest BCUT2D eigenvalue weighted by molar-refractivity contribution is 6.30. The van der Waals surface area contributed by atoms with Crippen molar-refractivity contribution in [2.24, 2.45) is 0 Å². The van der Waals surface area contributed by atoms with Gasteiger partial charge in [-0.25, -0.2) is 0 Å². The summed E-state index contributed by atoms with van der Waals surface area (Å²) in [5.74, 6) is -0.697. The minimum absolute atomic E-state index is 0.341. The molecule has 0 fully saturated rings. The molecule has 2 aromatic rings. The lowest BCUT2D eigenvalue weighted by Crippen LogP contribution is -2.15. The number of hydrogen-bond acceptors (Lipinski definition) is 2. The van der Waals surface area contributed by atoms with E-state index in [9.17, 15) is 9.90 Å². The number of halogens is 1. The zero-order valence-electron chi connectivity index (χ0n) is 12.7. The lowest BCUT2D eigenvalue weighted by molar-refractivity contribution is -0.139. The van der Waals surface area contributed by atoms with Gasteiger partial charge >= 0.3 is 5.97 Å². The smallest absolute Gasteiger partial charge is 0.311 e. The first-order valence-electron chi connectivity index (χ1n) is 7.15. The van der Waals surface area contributed by atoms with Crippen molar-refractivity contribution in [1.29, 1.82) is 0 Å². The SMILES string of the molecule is Cc1ccc(OCCC(C(=O)O)c2cccc(Cl)c2)c(C)c1. The van der Waals surface area contributed by atoms with Crippen LogP contribution in [0.4, 0.5) is 0 Å². The first kappa shape index (κ1) is 16.4. The van der Waals surface area contributed by atoms with Gasteiger partial charge in [-0.15, -0.1) is 0 Å². The molecule has 116 valence electrons. The van der Waals surface area contributed by atoms with E-state index in [2.05, 4.69) is 0 Å². The monoisotopic (exact) mass is 318 g/mol. The van der Waals surface area contributed by atoms with E-state index in [0.717, 1.165) is 11.3 Å². The van der Waals surface area contributed by atoms with Gasteiger partial charge in [0.1, 0.15) is 5.75 Å². The van der Waals surface area contributed by atoms with Crippen LogP contribution in [-0.4, -0.2) is 17.7 Å². The van der Waals surface area contributed by atoms with Crippen LogP contribution in [-0.2, 0) is 4.79 Å². The molecular weight excluding hydrogens is 300 g/mol. The molecule has 2 rings (SSSR count). The molecule has 0 bridgehead atoms. The summed E-state index contributed by atoms with van der Waals surface area (Å²) in [4.78, 5) is 11.5. The van der Waals surface area contributed by atoms with Crippen molar-refractivity contribution in [2.45, 2.75) is 26.2 Å². The van der Waals surface area contributed by atoms with Crippen LogP contribution >= 0.6 is 11.6 Å². The molecule has 0 aliphatic rings. The fraction of sp³-hybridized carbons (Fsp3) is 0.278. The third-order valence-corrected chi connectivity index (χ3v) is 3.78. The fourth-order valence-electron chi connectivity index (χ4n) is 2.40. The molecule has 0 radical (unpaired) electrons. The second-order valence-corrected chi connectivity index (χ2v) is 5.79. The molecule has 0 heterocycles. The first-order chi connectivity index (χ1) is 10.5. The number of aryl methyl sites for hydroxylation is 2. The first-order valence-corrected chi connectivity index (χ1v) is 7.53. The molecule has 0 saturated heterocycles. The minimum Gasteiger partial charge on any atom is -0.493 e. The molecule has 0 aliphatic carbocycles. The number of carbonyl (C=O) groups is 1. The number of benzene rings is 2. The molecule has 1 atom stereocenters. The predicted octanol–water partition coefficient (Wildman–Crippen LogP) is 4.59. The second-order valence-electron chi connectivity index (χ2n) is 5.35. The number of hydrogen-bond donors (Lipinski definition) is 1. The van der Waals surface area contributed by atoms with Crippen LogP contribution < -0.4 is 4.74 Å². The van der Waals surface area contributed by atoms with E-state index in [1.807, 2.05) is 32.0 Å². The van der Waals surface area contributed by atoms with Gasteiger partial charge in [-0.2, -0.15) is 0 Å². The van der Waals surface area contributed by atoms with Crippen LogP contribution in [0.3, 0.4) is 0 Å². The Balaban J connectivity index is 2.02. The zero-order valence-corrected chi connectivity index (χ0v) is 13.4. The predicted molar refractivity (Wildman–Crippen MR) is 87.9 cm³/mol. The molecule has 1 N–H and O–H groups in total. The maximum atomic E-state index is 11.5. The summed E-state index contributed by atoms with van der Waals surface area (Å²) < 4.78 is 5.73. The van der Waals surface area contributed by atoms with E-state index in [1.165, 1.54) is 5.56 Å². The van der Waals surface area contributed by atoms with Crippen molar-refractivity contribution in [3.8, 4) is 5.75 Å². The lowest BCUT2D eigenvalue weighted by Gasteiger charge is -2.15. The molecule has 0 saturated carbocycles. The van der Waals surface area contributed by atoms with Gasteiger partial charge in [0.2, 0.25) is 0 Å². The minimum atomic E-state index is -0.869. The highest BCUT2D eigenvalue weighted by Gasteiger charge is 2.20. The van der Waals surface area contributed by atoms with Crippen molar-refractivity contribution in [2.75, 3.05) is 6.61 Å². The Kier molecular flexibility index (Phi) is 5.45. The Labute approximate surface area is 135 Å². The molecule has 0 spiro atoms. The summed E-state index contributed by atoms with van der Waals surface area (Å²) in [6, 6.07) is 12.9. The van der Waals surface area contributed by atoms with Crippen LogP contribution in [0.1, 0.15) is 29.0 Å². The number of aliphatic carboxylic acids is 1. The third kappa shape index (κ3) is 4.25. The van der Waals surface area contributed by atoms with E-state index in [1.54, 1.807) is 24.3 Å². The number of rotatable bonds is 6. The summed E-state index contributed by atoms with van der Waals surface area (Å²) in [6.07, 6.45) is 0.392. The summed E-state index contributed by atoms with van der Waals surface area (Å²) in [7, 11) is 0. The molecule has 1 unspecified atom stereocenters. The van der Waals surface area contributed by atoms with E-state index >= 15 is 0 Å². The van der Waals surface area contributed by atoms with Crippen molar-refractivity contribution in [1.82, 2.24) is 0 Å². The largest absolute Gasteiger partial charge is 0.493 e.